The fraction of sp³-hybridized carbons (Fsp3) is 0.0667. The highest BCUT2D eigenvalue weighted by molar-refractivity contribution is 9.10. The number of anilines is 2. The molecule has 122 valence electrons. The molecule has 0 aliphatic carbocycles. The van der Waals surface area contributed by atoms with Crippen LogP contribution in [0.3, 0.4) is 0 Å². The molecule has 0 saturated heterocycles. The highest BCUT2D eigenvalue weighted by atomic mass is 79.9. The average molecular weight is 409 g/mol. The van der Waals surface area contributed by atoms with Crippen LogP contribution in [-0.4, -0.2) is 23.0 Å². The van der Waals surface area contributed by atoms with E-state index >= 15 is 0 Å². The number of nitrogens with one attached hydrogen (secondary N) is 2. The number of amides is 1. The molecule has 0 unspecified atom stereocenters. The van der Waals surface area contributed by atoms with Gasteiger partial charge >= 0.3 is 0 Å². The maximum Gasteiger partial charge on any atom is 0.267 e. The zero-order chi connectivity index (χ0) is 17.5. The second-order valence-corrected chi connectivity index (χ2v) is 5.67. The van der Waals surface area contributed by atoms with Crippen molar-refractivity contribution in [3.05, 3.63) is 51.9 Å². The monoisotopic (exact) mass is 407 g/mol. The van der Waals surface area contributed by atoms with Crippen LogP contribution < -0.4 is 15.4 Å². The molecule has 2 rings (SSSR count). The van der Waals surface area contributed by atoms with Gasteiger partial charge in [0.25, 0.3) is 5.91 Å². The first-order valence-corrected chi connectivity index (χ1v) is 7.70. The van der Waals surface area contributed by atoms with E-state index in [1.165, 1.54) is 31.8 Å². The van der Waals surface area contributed by atoms with Crippen LogP contribution in [0, 0.1) is 11.3 Å². The van der Waals surface area contributed by atoms with Crippen molar-refractivity contribution < 1.29 is 9.53 Å². The fourth-order valence-electron chi connectivity index (χ4n) is 1.61. The molecular formula is C15H11BrClN5O2. The maximum absolute atomic E-state index is 12.1. The third kappa shape index (κ3) is 4.68. The molecule has 2 aromatic rings. The topological polar surface area (TPSA) is 99.9 Å². The van der Waals surface area contributed by atoms with Gasteiger partial charge in [0.15, 0.2) is 0 Å². The number of halogens is 2. The summed E-state index contributed by atoms with van der Waals surface area (Å²) < 4.78 is 5.75. The molecule has 9 heteroatoms. The Kier molecular flexibility index (Phi) is 6.12. The summed E-state index contributed by atoms with van der Waals surface area (Å²) in [5.74, 6) is 0.148. The van der Waals surface area contributed by atoms with E-state index in [1.807, 2.05) is 0 Å². The highest BCUT2D eigenvalue weighted by Crippen LogP contribution is 2.27. The number of rotatable bonds is 5. The Balaban J connectivity index is 2.08. The second kappa shape index (κ2) is 8.29. The smallest absolute Gasteiger partial charge is 0.267 e. The lowest BCUT2D eigenvalue weighted by Gasteiger charge is -2.07. The molecule has 0 radical (unpaired) electrons. The van der Waals surface area contributed by atoms with Crippen molar-refractivity contribution >= 4 is 45.1 Å². The van der Waals surface area contributed by atoms with E-state index in [-0.39, 0.29) is 11.5 Å². The van der Waals surface area contributed by atoms with Crippen LogP contribution in [0.4, 0.5) is 11.6 Å². The van der Waals surface area contributed by atoms with Crippen molar-refractivity contribution in [3.63, 3.8) is 0 Å². The highest BCUT2D eigenvalue weighted by Gasteiger charge is 2.11. The van der Waals surface area contributed by atoms with Crippen LogP contribution in [0.2, 0.25) is 5.02 Å². The predicted octanol–water partition coefficient (Wildman–Crippen LogP) is 3.36. The summed E-state index contributed by atoms with van der Waals surface area (Å²) in [6.45, 7) is 0. The molecule has 0 aliphatic heterocycles. The first-order valence-electron chi connectivity index (χ1n) is 6.52. The van der Waals surface area contributed by atoms with E-state index < -0.39 is 5.91 Å². The van der Waals surface area contributed by atoms with Crippen molar-refractivity contribution in [2.45, 2.75) is 0 Å². The molecule has 1 heterocycles. The summed E-state index contributed by atoms with van der Waals surface area (Å²) in [4.78, 5) is 20.1. The fourth-order valence-corrected chi connectivity index (χ4v) is 2.08. The number of benzene rings is 1. The number of hydrogen-bond donors (Lipinski definition) is 2. The molecule has 2 N–H and O–H groups in total. The summed E-state index contributed by atoms with van der Waals surface area (Å²) in [5.41, 5.74) is 0.292. The Hall–Kier alpha value is -2.63. The molecule has 0 aliphatic rings. The second-order valence-electron chi connectivity index (χ2n) is 4.34. The van der Waals surface area contributed by atoms with Gasteiger partial charge in [0.2, 0.25) is 5.95 Å². The molecule has 0 fully saturated rings. The van der Waals surface area contributed by atoms with Gasteiger partial charge in [-0.25, -0.2) is 9.97 Å². The third-order valence-corrected chi connectivity index (χ3v) is 3.45. The summed E-state index contributed by atoms with van der Waals surface area (Å²) in [7, 11) is 1.49. The van der Waals surface area contributed by atoms with Crippen LogP contribution in [0.5, 0.6) is 5.75 Å². The van der Waals surface area contributed by atoms with Crippen LogP contribution in [0.25, 0.3) is 0 Å². The Morgan fingerprint density at radius 2 is 2.12 bits per heavy atom. The minimum Gasteiger partial charge on any atom is -0.495 e. The van der Waals surface area contributed by atoms with Crippen molar-refractivity contribution in [2.24, 2.45) is 0 Å². The van der Waals surface area contributed by atoms with Crippen LogP contribution in [-0.2, 0) is 4.79 Å². The minimum atomic E-state index is -0.594. The zero-order valence-electron chi connectivity index (χ0n) is 12.4. The van der Waals surface area contributed by atoms with Crippen molar-refractivity contribution in [1.82, 2.24) is 9.97 Å². The number of ether oxygens (including phenoxy) is 1. The van der Waals surface area contributed by atoms with E-state index in [1.54, 1.807) is 18.2 Å². The Labute approximate surface area is 151 Å². The normalized spacial score (nSPS) is 10.7. The van der Waals surface area contributed by atoms with Crippen LogP contribution in [0.1, 0.15) is 0 Å². The Morgan fingerprint density at radius 1 is 1.42 bits per heavy atom. The molecule has 1 aromatic heterocycles. The van der Waals surface area contributed by atoms with Gasteiger partial charge in [-0.05, 0) is 34.1 Å². The van der Waals surface area contributed by atoms with Crippen LogP contribution >= 0.6 is 27.5 Å². The number of methoxy groups -OCH3 is 1. The first-order chi connectivity index (χ1) is 11.5. The number of nitrogens with zero attached hydrogens (tertiary/aromatic N) is 3. The molecule has 1 amide bonds. The molecule has 7 nitrogen and oxygen atoms in total. The van der Waals surface area contributed by atoms with E-state index in [0.717, 1.165) is 0 Å². The van der Waals surface area contributed by atoms with Gasteiger partial charge in [0.1, 0.15) is 17.4 Å². The van der Waals surface area contributed by atoms with Gasteiger partial charge in [0.05, 0.1) is 16.6 Å². The molecule has 24 heavy (non-hydrogen) atoms. The van der Waals surface area contributed by atoms with Gasteiger partial charge in [0, 0.05) is 24.3 Å². The molecule has 1 aromatic carbocycles. The molecular weight excluding hydrogens is 398 g/mol. The number of carbonyl (C=O) groups is 1. The lowest BCUT2D eigenvalue weighted by molar-refractivity contribution is -0.112. The van der Waals surface area contributed by atoms with Crippen LogP contribution in [0.15, 0.2) is 46.8 Å². The van der Waals surface area contributed by atoms with Gasteiger partial charge < -0.3 is 15.4 Å². The summed E-state index contributed by atoms with van der Waals surface area (Å²) in [6.07, 6.45) is 4.30. The van der Waals surface area contributed by atoms with E-state index in [9.17, 15) is 4.79 Å². The lowest BCUT2D eigenvalue weighted by Crippen LogP contribution is -2.14. The standard InChI is InChI=1S/C15H11BrClN5O2/c1-24-13-3-2-11(4-12(13)17)22-14(23)9(5-18)6-19-15-20-7-10(16)8-21-15/h2-4,6-8H,1H3,(H,22,23)(H,19,20,21)/b9-6-. The molecule has 0 atom stereocenters. The third-order valence-electron chi connectivity index (χ3n) is 2.74. The predicted molar refractivity (Wildman–Crippen MR) is 93.7 cm³/mol. The summed E-state index contributed by atoms with van der Waals surface area (Å²) in [6, 6.07) is 6.56. The average Bonchev–Trinajstić information content (AvgIpc) is 2.57. The summed E-state index contributed by atoms with van der Waals surface area (Å²) >= 11 is 9.20. The Bertz CT molecular complexity index is 818. The molecule has 0 spiro atoms. The number of nitriles is 1. The summed E-state index contributed by atoms with van der Waals surface area (Å²) in [5, 5.41) is 14.7. The first kappa shape index (κ1) is 17.7. The van der Waals surface area contributed by atoms with Gasteiger partial charge in [-0.2, -0.15) is 5.26 Å². The molecule has 0 saturated carbocycles. The van der Waals surface area contributed by atoms with E-state index in [4.69, 9.17) is 21.6 Å². The van der Waals surface area contributed by atoms with Gasteiger partial charge in [-0.15, -0.1) is 0 Å². The largest absolute Gasteiger partial charge is 0.495 e. The van der Waals surface area contributed by atoms with Gasteiger partial charge in [-0.3, -0.25) is 4.79 Å². The molecule has 0 bridgehead atoms. The minimum absolute atomic E-state index is 0.145. The lowest BCUT2D eigenvalue weighted by atomic mass is 10.2. The number of hydrogen-bond acceptors (Lipinski definition) is 6. The maximum atomic E-state index is 12.1. The quantitative estimate of drug-likeness (QED) is 0.581. The SMILES string of the molecule is COc1ccc(NC(=O)/C(C#N)=C\Nc2ncc(Br)cn2)cc1Cl. The van der Waals surface area contributed by atoms with E-state index in [2.05, 4.69) is 36.5 Å². The van der Waals surface area contributed by atoms with E-state index in [0.29, 0.717) is 20.9 Å². The van der Waals surface area contributed by atoms with Crippen molar-refractivity contribution in [2.75, 3.05) is 17.7 Å². The van der Waals surface area contributed by atoms with Crippen molar-refractivity contribution in [1.29, 1.82) is 5.26 Å². The van der Waals surface area contributed by atoms with Crippen molar-refractivity contribution in [3.8, 4) is 11.8 Å². The van der Waals surface area contributed by atoms with Gasteiger partial charge in [-0.1, -0.05) is 11.6 Å². The zero-order valence-corrected chi connectivity index (χ0v) is 14.7. The Morgan fingerprint density at radius 3 is 2.71 bits per heavy atom. The number of carbonyl (C=O) groups excluding carboxylic acids is 1. The number of aromatic nitrogens is 2.